The Labute approximate surface area is 153 Å². The van der Waals surface area contributed by atoms with Crippen LogP contribution in [-0.2, 0) is 4.65 Å². The summed E-state index contributed by atoms with van der Waals surface area (Å²) < 4.78 is 12.1. The second kappa shape index (κ2) is 5.83. The lowest BCUT2D eigenvalue weighted by Crippen LogP contribution is -2.49. The Kier molecular flexibility index (Phi) is 3.83. The van der Waals surface area contributed by atoms with Crippen LogP contribution >= 0.6 is 0 Å². The molecule has 2 aromatic heterocycles. The molecule has 4 rings (SSSR count). The van der Waals surface area contributed by atoms with Crippen molar-refractivity contribution in [1.82, 2.24) is 4.98 Å². The molecular formula is C21H21BNO3. The van der Waals surface area contributed by atoms with Gasteiger partial charge in [-0.15, -0.1) is 0 Å². The van der Waals surface area contributed by atoms with Gasteiger partial charge in [0.15, 0.2) is 0 Å². The third kappa shape index (κ3) is 2.68. The minimum atomic E-state index is -0.974. The smallest absolute Gasteiger partial charge is 0.331 e. The van der Waals surface area contributed by atoms with E-state index in [2.05, 4.69) is 17.1 Å². The van der Waals surface area contributed by atoms with Gasteiger partial charge in [0.2, 0.25) is 0 Å². The number of rotatable bonds is 4. The Morgan fingerprint density at radius 2 is 1.85 bits per heavy atom. The lowest BCUT2D eigenvalue weighted by molar-refractivity contribution is -0.0893. The molecule has 0 aliphatic heterocycles. The number of pyridine rings is 1. The summed E-state index contributed by atoms with van der Waals surface area (Å²) in [5.74, 6) is 0. The Bertz CT molecular complexity index is 1110. The molecule has 5 heteroatoms. The quantitative estimate of drug-likeness (QED) is 0.569. The first-order valence-electron chi connectivity index (χ1n) is 8.69. The zero-order valence-electron chi connectivity index (χ0n) is 15.4. The topological polar surface area (TPSA) is 55.5 Å². The summed E-state index contributed by atoms with van der Waals surface area (Å²) in [5, 5.41) is 14.4. The molecule has 0 bridgehead atoms. The maximum Gasteiger partial charge on any atom is 0.331 e. The summed E-state index contributed by atoms with van der Waals surface area (Å²) in [6.07, 6.45) is 3.61. The SMILES string of the molecule is CC(C)(O)C(C)(C)O[B]c1cccc2oc3c4cnccc4ccc3c12. The van der Waals surface area contributed by atoms with E-state index in [1.54, 1.807) is 27.5 Å². The van der Waals surface area contributed by atoms with Gasteiger partial charge in [0, 0.05) is 28.6 Å². The molecule has 4 aromatic rings. The number of benzene rings is 2. The van der Waals surface area contributed by atoms with Crippen LogP contribution in [0.1, 0.15) is 27.7 Å². The fourth-order valence-corrected chi connectivity index (χ4v) is 2.93. The van der Waals surface area contributed by atoms with E-state index in [-0.39, 0.29) is 0 Å². The minimum Gasteiger partial charge on any atom is -0.455 e. The van der Waals surface area contributed by atoms with Crippen LogP contribution in [0.15, 0.2) is 53.2 Å². The van der Waals surface area contributed by atoms with Crippen LogP contribution in [0.25, 0.3) is 32.7 Å². The van der Waals surface area contributed by atoms with Crippen LogP contribution in [0, 0.1) is 0 Å². The van der Waals surface area contributed by atoms with Crippen LogP contribution in [0.3, 0.4) is 0 Å². The average Bonchev–Trinajstić information content (AvgIpc) is 2.98. The molecule has 0 fully saturated rings. The minimum absolute atomic E-state index is 0.731. The monoisotopic (exact) mass is 346 g/mol. The molecule has 1 N–H and O–H groups in total. The average molecular weight is 346 g/mol. The first-order chi connectivity index (χ1) is 12.3. The molecule has 0 saturated carbocycles. The van der Waals surface area contributed by atoms with E-state index >= 15 is 0 Å². The van der Waals surface area contributed by atoms with Gasteiger partial charge in [0.1, 0.15) is 11.2 Å². The van der Waals surface area contributed by atoms with Crippen LogP contribution in [0.2, 0.25) is 0 Å². The van der Waals surface area contributed by atoms with Gasteiger partial charge in [-0.3, -0.25) is 4.98 Å². The number of hydrogen-bond donors (Lipinski definition) is 1. The highest BCUT2D eigenvalue weighted by molar-refractivity contribution is 6.53. The zero-order valence-corrected chi connectivity index (χ0v) is 15.4. The Morgan fingerprint density at radius 1 is 1.04 bits per heavy atom. The molecule has 0 unspecified atom stereocenters. The van der Waals surface area contributed by atoms with Crippen molar-refractivity contribution in [2.24, 2.45) is 0 Å². The normalized spacial score (nSPS) is 13.0. The number of aromatic nitrogens is 1. The number of fused-ring (bicyclic) bond motifs is 5. The first kappa shape index (κ1) is 17.1. The highest BCUT2D eigenvalue weighted by Gasteiger charge is 2.36. The third-order valence-corrected chi connectivity index (χ3v) is 5.27. The van der Waals surface area contributed by atoms with Gasteiger partial charge in [0.25, 0.3) is 0 Å². The lowest BCUT2D eigenvalue weighted by atomic mass is 9.80. The van der Waals surface area contributed by atoms with Crippen molar-refractivity contribution in [1.29, 1.82) is 0 Å². The summed E-state index contributed by atoms with van der Waals surface area (Å²) in [6.45, 7) is 7.23. The predicted octanol–water partition coefficient (Wildman–Crippen LogP) is 3.94. The largest absolute Gasteiger partial charge is 0.455 e. The fourth-order valence-electron chi connectivity index (χ4n) is 2.93. The summed E-state index contributed by atoms with van der Waals surface area (Å²) in [7, 11) is 1.71. The van der Waals surface area contributed by atoms with E-state index in [1.165, 1.54) is 0 Å². The molecule has 2 heterocycles. The maximum absolute atomic E-state index is 10.3. The van der Waals surface area contributed by atoms with E-state index in [4.69, 9.17) is 9.07 Å². The van der Waals surface area contributed by atoms with E-state index in [1.807, 2.05) is 44.3 Å². The Morgan fingerprint density at radius 3 is 2.62 bits per heavy atom. The standard InChI is InChI=1S/C21H21BNO3/c1-20(2,24)21(3,4)26-22-16-6-5-7-17-18(16)14-9-8-13-10-11-23-12-15(13)19(14)25-17/h5-12,24H,1-4H3. The number of hydrogen-bond acceptors (Lipinski definition) is 4. The third-order valence-electron chi connectivity index (χ3n) is 5.27. The second-order valence-electron chi connectivity index (χ2n) is 7.67. The molecule has 0 aliphatic carbocycles. The van der Waals surface area contributed by atoms with Gasteiger partial charge in [-0.2, -0.15) is 0 Å². The van der Waals surface area contributed by atoms with Gasteiger partial charge in [-0.25, -0.2) is 0 Å². The first-order valence-corrected chi connectivity index (χ1v) is 8.69. The van der Waals surface area contributed by atoms with Gasteiger partial charge < -0.3 is 14.2 Å². The summed E-state index contributed by atoms with van der Waals surface area (Å²) in [6, 6.07) is 12.0. The highest BCUT2D eigenvalue weighted by atomic mass is 16.5. The van der Waals surface area contributed by atoms with E-state index < -0.39 is 11.2 Å². The van der Waals surface area contributed by atoms with Crippen molar-refractivity contribution in [2.75, 3.05) is 0 Å². The molecule has 2 aromatic carbocycles. The molecule has 4 nitrogen and oxygen atoms in total. The van der Waals surface area contributed by atoms with Crippen LogP contribution < -0.4 is 5.46 Å². The predicted molar refractivity (Wildman–Crippen MR) is 106 cm³/mol. The van der Waals surface area contributed by atoms with E-state index in [0.29, 0.717) is 0 Å². The second-order valence-corrected chi connectivity index (χ2v) is 7.67. The Hall–Kier alpha value is -2.37. The van der Waals surface area contributed by atoms with Gasteiger partial charge >= 0.3 is 7.48 Å². The number of nitrogens with zero attached hydrogens (tertiary/aromatic N) is 1. The van der Waals surface area contributed by atoms with Gasteiger partial charge in [-0.05, 0) is 56.7 Å². The fraction of sp³-hybridized carbons (Fsp3) is 0.286. The van der Waals surface area contributed by atoms with Crippen molar-refractivity contribution in [2.45, 2.75) is 38.9 Å². The van der Waals surface area contributed by atoms with E-state index in [9.17, 15) is 5.11 Å². The summed E-state index contributed by atoms with van der Waals surface area (Å²) >= 11 is 0. The molecule has 0 amide bonds. The summed E-state index contributed by atoms with van der Waals surface area (Å²) in [4.78, 5) is 4.23. The van der Waals surface area contributed by atoms with Crippen LogP contribution in [0.4, 0.5) is 0 Å². The van der Waals surface area contributed by atoms with Crippen molar-refractivity contribution >= 4 is 45.7 Å². The zero-order chi connectivity index (χ0) is 18.5. The highest BCUT2D eigenvalue weighted by Crippen LogP contribution is 2.33. The molecule has 0 saturated heterocycles. The lowest BCUT2D eigenvalue weighted by Gasteiger charge is -2.37. The Balaban J connectivity index is 1.85. The van der Waals surface area contributed by atoms with Gasteiger partial charge in [0.05, 0.1) is 11.2 Å². The van der Waals surface area contributed by atoms with Crippen LogP contribution in [0.5, 0.6) is 0 Å². The summed E-state index contributed by atoms with van der Waals surface area (Å²) in [5.41, 5.74) is 0.841. The molecule has 0 spiro atoms. The molecule has 131 valence electrons. The van der Waals surface area contributed by atoms with Gasteiger partial charge in [-0.1, -0.05) is 18.2 Å². The molecular weight excluding hydrogens is 325 g/mol. The van der Waals surface area contributed by atoms with Crippen molar-refractivity contribution in [3.8, 4) is 0 Å². The van der Waals surface area contributed by atoms with Crippen molar-refractivity contribution < 1.29 is 14.2 Å². The number of furan rings is 1. The molecule has 26 heavy (non-hydrogen) atoms. The molecule has 0 atom stereocenters. The van der Waals surface area contributed by atoms with Crippen molar-refractivity contribution in [3.05, 3.63) is 48.8 Å². The molecule has 1 radical (unpaired) electrons. The van der Waals surface area contributed by atoms with Crippen molar-refractivity contribution in [3.63, 3.8) is 0 Å². The number of aliphatic hydroxyl groups is 1. The van der Waals surface area contributed by atoms with Crippen LogP contribution in [-0.4, -0.2) is 28.8 Å². The maximum atomic E-state index is 10.3. The van der Waals surface area contributed by atoms with E-state index in [0.717, 1.165) is 38.2 Å². The molecule has 0 aliphatic rings.